The monoisotopic (exact) mass is 327 g/mol. The number of ether oxygens (including phenoxy) is 1. The summed E-state index contributed by atoms with van der Waals surface area (Å²) in [4.78, 5) is 0. The van der Waals surface area contributed by atoms with Crippen LogP contribution in [0.3, 0.4) is 0 Å². The summed E-state index contributed by atoms with van der Waals surface area (Å²) in [5, 5.41) is 4.32. The number of rotatable bonds is 4. The molecule has 0 radical (unpaired) electrons. The zero-order chi connectivity index (χ0) is 15.6. The van der Waals surface area contributed by atoms with Crippen LogP contribution in [0, 0.1) is 12.7 Å². The molecular formula is C16H16Cl2FNO. The van der Waals surface area contributed by atoms with Crippen molar-refractivity contribution in [3.63, 3.8) is 0 Å². The van der Waals surface area contributed by atoms with Gasteiger partial charge in [-0.1, -0.05) is 29.3 Å². The number of methoxy groups -OCH3 is 1. The molecule has 0 aromatic heterocycles. The molecule has 0 saturated heterocycles. The van der Waals surface area contributed by atoms with Gasteiger partial charge in [-0.3, -0.25) is 0 Å². The van der Waals surface area contributed by atoms with E-state index in [4.69, 9.17) is 27.9 Å². The molecule has 5 heteroatoms. The predicted octanol–water partition coefficient (Wildman–Crippen LogP) is 5.62. The lowest BCUT2D eigenvalue weighted by Gasteiger charge is -2.20. The fourth-order valence-corrected chi connectivity index (χ4v) is 2.61. The third kappa shape index (κ3) is 3.42. The Bertz CT molecular complexity index is 661. The highest BCUT2D eigenvalue weighted by atomic mass is 35.5. The molecule has 0 bridgehead atoms. The Morgan fingerprint density at radius 3 is 2.57 bits per heavy atom. The second-order valence-corrected chi connectivity index (χ2v) is 5.62. The number of halogens is 3. The molecule has 0 fully saturated rings. The molecule has 2 aromatic rings. The van der Waals surface area contributed by atoms with E-state index in [1.807, 2.05) is 13.8 Å². The van der Waals surface area contributed by atoms with Crippen LogP contribution in [0.5, 0.6) is 5.75 Å². The van der Waals surface area contributed by atoms with E-state index in [9.17, 15) is 4.39 Å². The third-order valence-corrected chi connectivity index (χ3v) is 4.01. The second-order valence-electron chi connectivity index (χ2n) is 4.80. The van der Waals surface area contributed by atoms with Gasteiger partial charge >= 0.3 is 0 Å². The fourth-order valence-electron chi connectivity index (χ4n) is 2.18. The summed E-state index contributed by atoms with van der Waals surface area (Å²) in [5.41, 5.74) is 2.00. The highest BCUT2D eigenvalue weighted by Crippen LogP contribution is 2.34. The van der Waals surface area contributed by atoms with Crippen LogP contribution in [0.1, 0.15) is 24.1 Å². The van der Waals surface area contributed by atoms with Gasteiger partial charge in [0.05, 0.1) is 29.4 Å². The molecule has 21 heavy (non-hydrogen) atoms. The normalized spacial score (nSPS) is 12.1. The summed E-state index contributed by atoms with van der Waals surface area (Å²) in [5.74, 6) is 0.160. The van der Waals surface area contributed by atoms with Gasteiger partial charge in [0.15, 0.2) is 0 Å². The van der Waals surface area contributed by atoms with E-state index in [2.05, 4.69) is 5.32 Å². The topological polar surface area (TPSA) is 21.3 Å². The zero-order valence-electron chi connectivity index (χ0n) is 12.0. The average Bonchev–Trinajstić information content (AvgIpc) is 2.44. The summed E-state index contributed by atoms with van der Waals surface area (Å²) in [6, 6.07) is 7.93. The number of anilines is 1. The van der Waals surface area contributed by atoms with Crippen molar-refractivity contribution in [2.75, 3.05) is 12.4 Å². The Morgan fingerprint density at radius 1 is 1.19 bits per heavy atom. The second kappa shape index (κ2) is 6.54. The summed E-state index contributed by atoms with van der Waals surface area (Å²) in [7, 11) is 1.51. The summed E-state index contributed by atoms with van der Waals surface area (Å²) in [6.07, 6.45) is 0. The largest absolute Gasteiger partial charge is 0.496 e. The van der Waals surface area contributed by atoms with Crippen LogP contribution in [0.4, 0.5) is 10.1 Å². The zero-order valence-corrected chi connectivity index (χ0v) is 13.5. The van der Waals surface area contributed by atoms with E-state index < -0.39 is 0 Å². The van der Waals surface area contributed by atoms with Crippen LogP contribution in [0.2, 0.25) is 10.0 Å². The molecule has 2 rings (SSSR count). The van der Waals surface area contributed by atoms with E-state index in [1.165, 1.54) is 13.2 Å². The summed E-state index contributed by atoms with van der Waals surface area (Å²) < 4.78 is 19.3. The average molecular weight is 328 g/mol. The molecule has 112 valence electrons. The minimum absolute atomic E-state index is 0.322. The van der Waals surface area contributed by atoms with Crippen molar-refractivity contribution < 1.29 is 9.13 Å². The molecule has 0 saturated carbocycles. The number of hydrogen-bond acceptors (Lipinski definition) is 2. The standard InChI is InChI=1S/C16H16Cl2FNO/c1-9-7-12(18)14(8-11(9)17)20-10(2)16-13(19)5-4-6-15(16)21-3/h4-8,10,20H,1-3H3. The van der Waals surface area contributed by atoms with Gasteiger partial charge in [0.2, 0.25) is 0 Å². The first kappa shape index (κ1) is 15.9. The fraction of sp³-hybridized carbons (Fsp3) is 0.250. The van der Waals surface area contributed by atoms with Gasteiger partial charge in [-0.25, -0.2) is 4.39 Å². The molecule has 0 heterocycles. The lowest BCUT2D eigenvalue weighted by Crippen LogP contribution is -2.10. The Hall–Kier alpha value is -1.45. The van der Waals surface area contributed by atoms with E-state index in [0.29, 0.717) is 27.0 Å². The molecule has 0 aliphatic carbocycles. The van der Waals surface area contributed by atoms with Crippen LogP contribution in [-0.4, -0.2) is 7.11 Å². The van der Waals surface area contributed by atoms with Crippen molar-refractivity contribution in [3.8, 4) is 5.75 Å². The van der Waals surface area contributed by atoms with Gasteiger partial charge < -0.3 is 10.1 Å². The van der Waals surface area contributed by atoms with Crippen molar-refractivity contribution in [2.24, 2.45) is 0 Å². The van der Waals surface area contributed by atoms with Gasteiger partial charge in [0, 0.05) is 5.02 Å². The van der Waals surface area contributed by atoms with Gasteiger partial charge in [0.25, 0.3) is 0 Å². The minimum atomic E-state index is -0.330. The Balaban J connectivity index is 2.35. The van der Waals surface area contributed by atoms with Gasteiger partial charge in [-0.2, -0.15) is 0 Å². The van der Waals surface area contributed by atoms with Crippen LogP contribution in [0.15, 0.2) is 30.3 Å². The molecule has 2 aromatic carbocycles. The van der Waals surface area contributed by atoms with E-state index in [-0.39, 0.29) is 11.9 Å². The number of hydrogen-bond donors (Lipinski definition) is 1. The molecule has 0 aliphatic heterocycles. The summed E-state index contributed by atoms with van der Waals surface area (Å²) >= 11 is 12.3. The Labute approximate surface area is 133 Å². The predicted molar refractivity (Wildman–Crippen MR) is 86.2 cm³/mol. The molecule has 0 spiro atoms. The van der Waals surface area contributed by atoms with Gasteiger partial charge in [0.1, 0.15) is 11.6 Å². The van der Waals surface area contributed by atoms with E-state index in [0.717, 1.165) is 5.56 Å². The maximum absolute atomic E-state index is 14.1. The van der Waals surface area contributed by atoms with Crippen LogP contribution >= 0.6 is 23.2 Å². The van der Waals surface area contributed by atoms with Gasteiger partial charge in [-0.05, 0) is 43.7 Å². The van der Waals surface area contributed by atoms with E-state index >= 15 is 0 Å². The molecule has 1 atom stereocenters. The maximum Gasteiger partial charge on any atom is 0.132 e. The summed E-state index contributed by atoms with van der Waals surface area (Å²) in [6.45, 7) is 3.71. The Morgan fingerprint density at radius 2 is 1.90 bits per heavy atom. The first-order valence-electron chi connectivity index (χ1n) is 6.48. The third-order valence-electron chi connectivity index (χ3n) is 3.29. The van der Waals surface area contributed by atoms with E-state index in [1.54, 1.807) is 24.3 Å². The first-order chi connectivity index (χ1) is 9.93. The quantitative estimate of drug-likeness (QED) is 0.786. The first-order valence-corrected chi connectivity index (χ1v) is 7.24. The lowest BCUT2D eigenvalue weighted by atomic mass is 10.1. The maximum atomic E-state index is 14.1. The number of nitrogens with one attached hydrogen (secondary N) is 1. The SMILES string of the molecule is COc1cccc(F)c1C(C)Nc1cc(Cl)c(C)cc1Cl. The minimum Gasteiger partial charge on any atom is -0.496 e. The highest BCUT2D eigenvalue weighted by Gasteiger charge is 2.17. The Kier molecular flexibility index (Phi) is 4.96. The van der Waals surface area contributed by atoms with Crippen molar-refractivity contribution in [3.05, 3.63) is 57.3 Å². The molecule has 1 unspecified atom stereocenters. The van der Waals surface area contributed by atoms with Crippen LogP contribution in [-0.2, 0) is 0 Å². The van der Waals surface area contributed by atoms with Gasteiger partial charge in [-0.15, -0.1) is 0 Å². The molecular weight excluding hydrogens is 312 g/mol. The van der Waals surface area contributed by atoms with Crippen molar-refractivity contribution in [2.45, 2.75) is 19.9 Å². The molecule has 0 aliphatic rings. The highest BCUT2D eigenvalue weighted by molar-refractivity contribution is 6.35. The molecule has 2 nitrogen and oxygen atoms in total. The van der Waals surface area contributed by atoms with Crippen molar-refractivity contribution >= 4 is 28.9 Å². The number of aryl methyl sites for hydroxylation is 1. The van der Waals surface area contributed by atoms with Crippen molar-refractivity contribution in [1.82, 2.24) is 0 Å². The smallest absolute Gasteiger partial charge is 0.132 e. The van der Waals surface area contributed by atoms with Crippen LogP contribution in [0.25, 0.3) is 0 Å². The van der Waals surface area contributed by atoms with Crippen LogP contribution < -0.4 is 10.1 Å². The van der Waals surface area contributed by atoms with Crippen molar-refractivity contribution in [1.29, 1.82) is 0 Å². The molecule has 0 amide bonds. The lowest BCUT2D eigenvalue weighted by molar-refractivity contribution is 0.402. The number of benzene rings is 2. The molecule has 1 N–H and O–H groups in total.